The molecule has 5 nitrogen and oxygen atoms in total. The molecular weight excluding hydrogens is 297 g/mol. The van der Waals surface area contributed by atoms with Crippen LogP contribution in [0.2, 0.25) is 0 Å². The van der Waals surface area contributed by atoms with E-state index >= 15 is 0 Å². The number of rotatable bonds is 3. The SMILES string of the molecule is CS(=O)(=O)N1CCC(Oc2ccc(C(F)(F)F)cn2)C1. The second kappa shape index (κ2) is 5.21. The molecule has 9 heteroatoms. The maximum absolute atomic E-state index is 12.4. The number of halogens is 3. The first-order valence-corrected chi connectivity index (χ1v) is 7.66. The van der Waals surface area contributed by atoms with Crippen LogP contribution < -0.4 is 4.74 Å². The summed E-state index contributed by atoms with van der Waals surface area (Å²) in [6, 6.07) is 2.01. The van der Waals surface area contributed by atoms with E-state index in [-0.39, 0.29) is 12.4 Å². The molecule has 2 rings (SSSR count). The summed E-state index contributed by atoms with van der Waals surface area (Å²) in [6.45, 7) is 0.520. The molecule has 1 aromatic heterocycles. The molecular formula is C11H13F3N2O3S. The molecule has 1 saturated heterocycles. The third-order valence-electron chi connectivity index (χ3n) is 2.93. The van der Waals surface area contributed by atoms with Crippen molar-refractivity contribution in [1.82, 2.24) is 9.29 Å². The number of hydrogen-bond acceptors (Lipinski definition) is 4. The van der Waals surface area contributed by atoms with Crippen LogP contribution in [-0.4, -0.2) is 43.2 Å². The van der Waals surface area contributed by atoms with Crippen LogP contribution in [0.4, 0.5) is 13.2 Å². The summed E-state index contributed by atoms with van der Waals surface area (Å²) in [5.74, 6) is 0.0540. The van der Waals surface area contributed by atoms with Crippen LogP contribution in [0.15, 0.2) is 18.3 Å². The quantitative estimate of drug-likeness (QED) is 0.849. The van der Waals surface area contributed by atoms with Crippen LogP contribution >= 0.6 is 0 Å². The Hall–Kier alpha value is -1.35. The van der Waals surface area contributed by atoms with Crippen molar-refractivity contribution in [3.05, 3.63) is 23.9 Å². The molecule has 0 saturated carbocycles. The van der Waals surface area contributed by atoms with Gasteiger partial charge in [-0.1, -0.05) is 0 Å². The van der Waals surface area contributed by atoms with Gasteiger partial charge in [-0.25, -0.2) is 13.4 Å². The zero-order chi connectivity index (χ0) is 15.0. The Bertz CT molecular complexity index is 572. The largest absolute Gasteiger partial charge is 0.473 e. The first-order valence-electron chi connectivity index (χ1n) is 5.81. The van der Waals surface area contributed by atoms with E-state index in [0.29, 0.717) is 19.2 Å². The van der Waals surface area contributed by atoms with E-state index in [1.54, 1.807) is 0 Å². The standard InChI is InChI=1S/C11H13F3N2O3S/c1-20(17,18)16-5-4-9(7-16)19-10-3-2-8(6-15-10)11(12,13)14/h2-3,6,9H,4-5,7H2,1H3. The average Bonchev–Trinajstić information content (AvgIpc) is 2.77. The maximum atomic E-state index is 12.4. The van der Waals surface area contributed by atoms with Crippen LogP contribution in [0.3, 0.4) is 0 Å². The molecule has 1 aliphatic rings. The second-order valence-electron chi connectivity index (χ2n) is 4.53. The van der Waals surface area contributed by atoms with Gasteiger partial charge in [0.15, 0.2) is 0 Å². The average molecular weight is 310 g/mol. The lowest BCUT2D eigenvalue weighted by Gasteiger charge is -2.14. The van der Waals surface area contributed by atoms with E-state index in [1.807, 2.05) is 0 Å². The van der Waals surface area contributed by atoms with Gasteiger partial charge >= 0.3 is 6.18 Å². The fraction of sp³-hybridized carbons (Fsp3) is 0.545. The Labute approximate surface area is 114 Å². The fourth-order valence-electron chi connectivity index (χ4n) is 1.88. The summed E-state index contributed by atoms with van der Waals surface area (Å²) < 4.78 is 66.3. The highest BCUT2D eigenvalue weighted by Gasteiger charge is 2.32. The Morgan fingerprint density at radius 3 is 2.55 bits per heavy atom. The number of alkyl halides is 3. The number of sulfonamides is 1. The summed E-state index contributed by atoms with van der Waals surface area (Å²) in [5, 5.41) is 0. The molecule has 0 bridgehead atoms. The van der Waals surface area contributed by atoms with Gasteiger partial charge in [0.1, 0.15) is 6.10 Å². The second-order valence-corrected chi connectivity index (χ2v) is 6.51. The molecule has 0 N–H and O–H groups in total. The van der Waals surface area contributed by atoms with Crippen LogP contribution in [0.25, 0.3) is 0 Å². The van der Waals surface area contributed by atoms with Crippen LogP contribution in [0, 0.1) is 0 Å². The third-order valence-corrected chi connectivity index (χ3v) is 4.20. The minimum absolute atomic E-state index is 0.0540. The molecule has 1 aliphatic heterocycles. The number of nitrogens with zero attached hydrogens (tertiary/aromatic N) is 2. The zero-order valence-corrected chi connectivity index (χ0v) is 11.4. The molecule has 20 heavy (non-hydrogen) atoms. The normalized spacial score (nSPS) is 21.1. The lowest BCUT2D eigenvalue weighted by atomic mass is 10.3. The smallest absolute Gasteiger partial charge is 0.417 e. The van der Waals surface area contributed by atoms with Gasteiger partial charge in [0.2, 0.25) is 15.9 Å². The summed E-state index contributed by atoms with van der Waals surface area (Å²) in [4.78, 5) is 3.59. The monoisotopic (exact) mass is 310 g/mol. The van der Waals surface area contributed by atoms with Crippen LogP contribution in [0.5, 0.6) is 5.88 Å². The third kappa shape index (κ3) is 3.60. The Morgan fingerprint density at radius 1 is 1.40 bits per heavy atom. The molecule has 2 heterocycles. The van der Waals surface area contributed by atoms with Crippen LogP contribution in [0.1, 0.15) is 12.0 Å². The molecule has 1 atom stereocenters. The van der Waals surface area contributed by atoms with Crippen molar-refractivity contribution < 1.29 is 26.3 Å². The number of aromatic nitrogens is 1. The summed E-state index contributed by atoms with van der Waals surface area (Å²) in [5.41, 5.74) is -0.853. The molecule has 0 spiro atoms. The van der Waals surface area contributed by atoms with Gasteiger partial charge in [0.05, 0.1) is 18.4 Å². The van der Waals surface area contributed by atoms with E-state index in [2.05, 4.69) is 4.98 Å². The Morgan fingerprint density at radius 2 is 2.10 bits per heavy atom. The first-order chi connectivity index (χ1) is 9.16. The first kappa shape index (κ1) is 15.0. The van der Waals surface area contributed by atoms with Crippen molar-refractivity contribution in [2.45, 2.75) is 18.7 Å². The van der Waals surface area contributed by atoms with Crippen LogP contribution in [-0.2, 0) is 16.2 Å². The zero-order valence-electron chi connectivity index (χ0n) is 10.6. The van der Waals surface area contributed by atoms with E-state index in [1.165, 1.54) is 4.31 Å². The summed E-state index contributed by atoms with van der Waals surface area (Å²) in [6.07, 6.45) is -2.56. The molecule has 0 amide bonds. The maximum Gasteiger partial charge on any atom is 0.417 e. The predicted octanol–water partition coefficient (Wildman–Crippen LogP) is 1.51. The minimum atomic E-state index is -4.44. The van der Waals surface area contributed by atoms with Gasteiger partial charge in [-0.05, 0) is 12.5 Å². The molecule has 0 aromatic carbocycles. The van der Waals surface area contributed by atoms with Gasteiger partial charge in [0, 0.05) is 18.8 Å². The lowest BCUT2D eigenvalue weighted by molar-refractivity contribution is -0.137. The molecule has 1 aromatic rings. The molecule has 0 aliphatic carbocycles. The number of ether oxygens (including phenoxy) is 1. The van der Waals surface area contributed by atoms with Gasteiger partial charge in [-0.3, -0.25) is 0 Å². The van der Waals surface area contributed by atoms with Gasteiger partial charge in [-0.15, -0.1) is 0 Å². The van der Waals surface area contributed by atoms with E-state index in [0.717, 1.165) is 18.4 Å². The molecule has 1 unspecified atom stereocenters. The van der Waals surface area contributed by atoms with Crippen molar-refractivity contribution >= 4 is 10.0 Å². The Kier molecular flexibility index (Phi) is 3.92. The van der Waals surface area contributed by atoms with Gasteiger partial charge < -0.3 is 4.74 Å². The highest BCUT2D eigenvalue weighted by Crippen LogP contribution is 2.29. The summed E-state index contributed by atoms with van der Waals surface area (Å²) in [7, 11) is -3.27. The molecule has 0 radical (unpaired) electrons. The number of pyridine rings is 1. The topological polar surface area (TPSA) is 59.5 Å². The number of hydrogen-bond donors (Lipinski definition) is 0. The predicted molar refractivity (Wildman–Crippen MR) is 64.7 cm³/mol. The molecule has 112 valence electrons. The van der Waals surface area contributed by atoms with Gasteiger partial charge in [-0.2, -0.15) is 17.5 Å². The fourth-order valence-corrected chi connectivity index (χ4v) is 2.76. The highest BCUT2D eigenvalue weighted by molar-refractivity contribution is 7.88. The molecule has 1 fully saturated rings. The van der Waals surface area contributed by atoms with Crippen molar-refractivity contribution in [3.8, 4) is 5.88 Å². The highest BCUT2D eigenvalue weighted by atomic mass is 32.2. The minimum Gasteiger partial charge on any atom is -0.473 e. The van der Waals surface area contributed by atoms with Gasteiger partial charge in [0.25, 0.3) is 0 Å². The van der Waals surface area contributed by atoms with E-state index in [4.69, 9.17) is 4.74 Å². The van der Waals surface area contributed by atoms with Crippen molar-refractivity contribution in [2.75, 3.05) is 19.3 Å². The van der Waals surface area contributed by atoms with E-state index in [9.17, 15) is 21.6 Å². The van der Waals surface area contributed by atoms with Crippen molar-refractivity contribution in [2.24, 2.45) is 0 Å². The van der Waals surface area contributed by atoms with E-state index < -0.39 is 27.9 Å². The lowest BCUT2D eigenvalue weighted by Crippen LogP contribution is -2.30. The van der Waals surface area contributed by atoms with Crippen molar-refractivity contribution in [1.29, 1.82) is 0 Å². The summed E-state index contributed by atoms with van der Waals surface area (Å²) >= 11 is 0. The Balaban J connectivity index is 1.99. The van der Waals surface area contributed by atoms with Crippen molar-refractivity contribution in [3.63, 3.8) is 0 Å².